The smallest absolute Gasteiger partial charge is 0.242 e. The van der Waals surface area contributed by atoms with E-state index in [1.807, 2.05) is 61.7 Å². The van der Waals surface area contributed by atoms with Crippen molar-refractivity contribution in [3.05, 3.63) is 108 Å². The molecule has 2 aliphatic rings. The van der Waals surface area contributed by atoms with Crippen LogP contribution >= 0.6 is 0 Å². The molecular weight excluding hydrogens is 448 g/mol. The number of pyridine rings is 1. The molecular formula is C30H29N4O2. The zero-order valence-electron chi connectivity index (χ0n) is 20.4. The maximum absolute atomic E-state index is 6.13. The maximum atomic E-state index is 6.13. The number of benzene rings is 2. The highest BCUT2D eigenvalue weighted by Gasteiger charge is 2.31. The summed E-state index contributed by atoms with van der Waals surface area (Å²) in [4.78, 5) is 12.2. The van der Waals surface area contributed by atoms with Crippen LogP contribution in [0.2, 0.25) is 0 Å². The first kappa shape index (κ1) is 22.4. The Balaban J connectivity index is 1.37. The summed E-state index contributed by atoms with van der Waals surface area (Å²) in [5.41, 5.74) is 5.19. The molecule has 0 amide bonds. The van der Waals surface area contributed by atoms with Gasteiger partial charge in [-0.25, -0.2) is 4.98 Å². The van der Waals surface area contributed by atoms with Crippen LogP contribution in [0, 0.1) is 13.0 Å². The Hall–Kier alpha value is -4.06. The number of hydrogen-bond donors (Lipinski definition) is 0. The van der Waals surface area contributed by atoms with Crippen LogP contribution in [0.4, 0.5) is 5.69 Å². The van der Waals surface area contributed by atoms with Crippen LogP contribution in [0.5, 0.6) is 0 Å². The lowest BCUT2D eigenvalue weighted by atomic mass is 9.95. The van der Waals surface area contributed by atoms with Gasteiger partial charge < -0.3 is 14.4 Å². The molecule has 0 N–H and O–H groups in total. The summed E-state index contributed by atoms with van der Waals surface area (Å²) in [6.45, 7) is 4.16. The topological polar surface area (TPSA) is 52.4 Å². The highest BCUT2D eigenvalue weighted by atomic mass is 16.7. The van der Waals surface area contributed by atoms with Crippen molar-refractivity contribution in [1.82, 2.24) is 14.5 Å². The van der Waals surface area contributed by atoms with Crippen LogP contribution in [-0.4, -0.2) is 34.4 Å². The summed E-state index contributed by atoms with van der Waals surface area (Å²) in [5.74, 6) is 2.87. The van der Waals surface area contributed by atoms with Gasteiger partial charge in [-0.3, -0.25) is 9.55 Å². The number of anilines is 1. The minimum absolute atomic E-state index is 0.207. The van der Waals surface area contributed by atoms with E-state index in [-0.39, 0.29) is 6.79 Å². The molecule has 0 saturated carbocycles. The number of aromatic nitrogens is 3. The van der Waals surface area contributed by atoms with E-state index in [9.17, 15) is 0 Å². The highest BCUT2D eigenvalue weighted by molar-refractivity contribution is 5.62. The first-order valence-corrected chi connectivity index (χ1v) is 12.5. The highest BCUT2D eigenvalue weighted by Crippen LogP contribution is 2.37. The number of piperidine rings is 1. The molecule has 0 aliphatic carbocycles. The summed E-state index contributed by atoms with van der Waals surface area (Å²) < 4.78 is 14.3. The van der Waals surface area contributed by atoms with Gasteiger partial charge in [0.15, 0.2) is 5.76 Å². The molecule has 2 aromatic heterocycles. The lowest BCUT2D eigenvalue weighted by Gasteiger charge is -2.33. The van der Waals surface area contributed by atoms with Gasteiger partial charge in [-0.2, -0.15) is 0 Å². The maximum Gasteiger partial charge on any atom is 0.242 e. The predicted octanol–water partition coefficient (Wildman–Crippen LogP) is 5.81. The third-order valence-corrected chi connectivity index (χ3v) is 6.93. The van der Waals surface area contributed by atoms with Gasteiger partial charge in [0.25, 0.3) is 0 Å². The molecule has 0 unspecified atom stereocenters. The van der Waals surface area contributed by atoms with Gasteiger partial charge in [-0.15, -0.1) is 0 Å². The second-order valence-electron chi connectivity index (χ2n) is 9.32. The second kappa shape index (κ2) is 9.90. The largest absolute Gasteiger partial charge is 0.456 e. The fraction of sp³-hybridized carbons (Fsp3) is 0.267. The first-order valence-electron chi connectivity index (χ1n) is 12.5. The molecule has 1 radical (unpaired) electrons. The number of imidazole rings is 1. The molecule has 0 bridgehead atoms. The Morgan fingerprint density at radius 3 is 2.61 bits per heavy atom. The molecule has 1 fully saturated rings. The Labute approximate surface area is 211 Å². The van der Waals surface area contributed by atoms with Gasteiger partial charge in [0.2, 0.25) is 12.7 Å². The summed E-state index contributed by atoms with van der Waals surface area (Å²) >= 11 is 0. The number of hydrogen-bond acceptors (Lipinski definition) is 5. The molecule has 4 heterocycles. The number of nitrogens with zero attached hydrogens (tertiary/aromatic N) is 4. The van der Waals surface area contributed by atoms with Crippen LogP contribution < -0.4 is 4.90 Å². The van der Waals surface area contributed by atoms with Gasteiger partial charge in [0, 0.05) is 36.8 Å². The third kappa shape index (κ3) is 4.47. The molecule has 6 rings (SSSR count). The first-order chi connectivity index (χ1) is 17.8. The third-order valence-electron chi connectivity index (χ3n) is 6.93. The fourth-order valence-electron chi connectivity index (χ4n) is 5.11. The average Bonchev–Trinajstić information content (AvgIpc) is 3.57. The minimum atomic E-state index is 0.207. The standard InChI is InChI=1S/C30H29N4O2/c1-22-9-8-14-26(32-22)27-20-31-29(24-15-17-33(18-16-24)25-12-6-3-7-13-25)34(27)30-28(35-21-36-30)19-23-10-4-2-5-11-23/h2-6,8-14,20,24H,15-19,21H2,1H3. The van der Waals surface area contributed by atoms with Crippen LogP contribution in [0.15, 0.2) is 84.8 Å². The number of ether oxygens (including phenoxy) is 2. The lowest BCUT2D eigenvalue weighted by Crippen LogP contribution is -2.33. The molecule has 2 aliphatic heterocycles. The van der Waals surface area contributed by atoms with Gasteiger partial charge in [0.1, 0.15) is 5.82 Å². The SMILES string of the molecule is Cc1cccc(-c2cnc(C3CCN(c4c[c]ccc4)CC3)n2C2=C(Cc3ccccc3)OCO2)n1. The molecule has 4 aromatic rings. The molecule has 181 valence electrons. The van der Waals surface area contributed by atoms with Crippen molar-refractivity contribution in [2.45, 2.75) is 32.1 Å². The van der Waals surface area contributed by atoms with Crippen molar-refractivity contribution in [2.24, 2.45) is 0 Å². The normalized spacial score (nSPS) is 16.2. The summed E-state index contributed by atoms with van der Waals surface area (Å²) in [6.07, 6.45) is 4.62. The van der Waals surface area contributed by atoms with E-state index >= 15 is 0 Å². The molecule has 0 atom stereocenters. The van der Waals surface area contributed by atoms with E-state index in [2.05, 4.69) is 39.8 Å². The molecule has 1 saturated heterocycles. The van der Waals surface area contributed by atoms with Crippen LogP contribution in [-0.2, 0) is 15.9 Å². The van der Waals surface area contributed by atoms with Crippen molar-refractivity contribution >= 4 is 11.6 Å². The molecule has 0 spiro atoms. The summed E-state index contributed by atoms with van der Waals surface area (Å²) in [6, 6.07) is 27.8. The number of allylic oxidation sites excluding steroid dienone is 1. The summed E-state index contributed by atoms with van der Waals surface area (Å²) in [5, 5.41) is 0. The van der Waals surface area contributed by atoms with Crippen molar-refractivity contribution in [3.63, 3.8) is 0 Å². The van der Waals surface area contributed by atoms with E-state index in [4.69, 9.17) is 19.4 Å². The monoisotopic (exact) mass is 477 g/mol. The van der Waals surface area contributed by atoms with Gasteiger partial charge in [-0.05, 0) is 55.7 Å². The zero-order chi connectivity index (χ0) is 24.3. The van der Waals surface area contributed by atoms with E-state index in [0.29, 0.717) is 12.3 Å². The van der Waals surface area contributed by atoms with Crippen molar-refractivity contribution in [2.75, 3.05) is 24.8 Å². The van der Waals surface area contributed by atoms with Crippen molar-refractivity contribution in [3.8, 4) is 11.4 Å². The predicted molar refractivity (Wildman–Crippen MR) is 140 cm³/mol. The fourth-order valence-corrected chi connectivity index (χ4v) is 5.11. The van der Waals surface area contributed by atoms with Crippen molar-refractivity contribution in [1.29, 1.82) is 0 Å². The molecule has 2 aromatic carbocycles. The summed E-state index contributed by atoms with van der Waals surface area (Å²) in [7, 11) is 0. The van der Waals surface area contributed by atoms with Gasteiger partial charge in [-0.1, -0.05) is 48.5 Å². The lowest BCUT2D eigenvalue weighted by molar-refractivity contribution is 0.0821. The van der Waals surface area contributed by atoms with Gasteiger partial charge in [0.05, 0.1) is 17.6 Å². The second-order valence-corrected chi connectivity index (χ2v) is 9.32. The molecule has 6 heteroatoms. The quantitative estimate of drug-likeness (QED) is 0.351. The van der Waals surface area contributed by atoms with Crippen LogP contribution in [0.1, 0.15) is 35.8 Å². The Morgan fingerprint density at radius 1 is 0.972 bits per heavy atom. The Bertz CT molecular complexity index is 1360. The minimum Gasteiger partial charge on any atom is -0.456 e. The average molecular weight is 478 g/mol. The molecule has 36 heavy (non-hydrogen) atoms. The van der Waals surface area contributed by atoms with Crippen LogP contribution in [0.25, 0.3) is 17.3 Å². The Kier molecular flexibility index (Phi) is 6.16. The number of rotatable bonds is 6. The molecule has 6 nitrogen and oxygen atoms in total. The van der Waals surface area contributed by atoms with E-state index < -0.39 is 0 Å². The Morgan fingerprint density at radius 2 is 1.83 bits per heavy atom. The van der Waals surface area contributed by atoms with Crippen molar-refractivity contribution < 1.29 is 9.47 Å². The van der Waals surface area contributed by atoms with E-state index in [1.54, 1.807) is 0 Å². The van der Waals surface area contributed by atoms with Crippen LogP contribution in [0.3, 0.4) is 0 Å². The number of aryl methyl sites for hydroxylation is 1. The zero-order valence-corrected chi connectivity index (χ0v) is 20.4. The van der Waals surface area contributed by atoms with E-state index in [1.165, 1.54) is 11.3 Å². The van der Waals surface area contributed by atoms with E-state index in [0.717, 1.165) is 60.5 Å². The van der Waals surface area contributed by atoms with Gasteiger partial charge >= 0.3 is 0 Å².